The van der Waals surface area contributed by atoms with E-state index in [2.05, 4.69) is 42.0 Å². The van der Waals surface area contributed by atoms with Gasteiger partial charge in [0, 0.05) is 37.0 Å². The number of nitro groups is 1. The number of nitrogens with one attached hydrogen (secondary N) is 1. The van der Waals surface area contributed by atoms with Crippen molar-refractivity contribution in [3.05, 3.63) is 44.9 Å². The van der Waals surface area contributed by atoms with Crippen molar-refractivity contribution in [1.29, 1.82) is 0 Å². The van der Waals surface area contributed by atoms with Gasteiger partial charge in [-0.3, -0.25) is 19.8 Å². The summed E-state index contributed by atoms with van der Waals surface area (Å²) in [5.74, 6) is 0.779. The molecule has 0 fully saturated rings. The number of aryl methyl sites for hydroxylation is 1. The Kier molecular flexibility index (Phi) is 9.05. The summed E-state index contributed by atoms with van der Waals surface area (Å²) in [6, 6.07) is 2.07. The van der Waals surface area contributed by atoms with Gasteiger partial charge in [0.1, 0.15) is 12.4 Å². The van der Waals surface area contributed by atoms with Crippen LogP contribution in [-0.4, -0.2) is 50.3 Å². The van der Waals surface area contributed by atoms with Gasteiger partial charge in [-0.25, -0.2) is 0 Å². The lowest BCUT2D eigenvalue weighted by Crippen LogP contribution is -2.39. The molecule has 0 aliphatic rings. The second-order valence-electron chi connectivity index (χ2n) is 5.57. The average Bonchev–Trinajstić information content (AvgIpc) is 3.13. The fourth-order valence-corrected chi connectivity index (χ4v) is 2.91. The first-order chi connectivity index (χ1) is 11.9. The SMILES string of the molecule is CCNC(=NCCn1cc([N+](=O)[O-])cn1)N(C)Cc1cc(Br)cn1C.I. The van der Waals surface area contributed by atoms with Gasteiger partial charge in [-0.05, 0) is 28.9 Å². The Balaban J connectivity index is 0.00000338. The van der Waals surface area contributed by atoms with Gasteiger partial charge >= 0.3 is 5.69 Å². The minimum Gasteiger partial charge on any atom is -0.357 e. The summed E-state index contributed by atoms with van der Waals surface area (Å²) < 4.78 is 4.63. The first kappa shape index (κ1) is 22.4. The maximum atomic E-state index is 10.7. The molecule has 9 nitrogen and oxygen atoms in total. The summed E-state index contributed by atoms with van der Waals surface area (Å²) in [6.07, 6.45) is 4.67. The third-order valence-electron chi connectivity index (χ3n) is 3.59. The van der Waals surface area contributed by atoms with Crippen LogP contribution < -0.4 is 5.32 Å². The molecule has 0 atom stereocenters. The van der Waals surface area contributed by atoms with Gasteiger partial charge in [-0.2, -0.15) is 5.10 Å². The highest BCUT2D eigenvalue weighted by molar-refractivity contribution is 14.0. The first-order valence-electron chi connectivity index (χ1n) is 7.87. The van der Waals surface area contributed by atoms with E-state index in [9.17, 15) is 10.1 Å². The van der Waals surface area contributed by atoms with Crippen molar-refractivity contribution in [2.75, 3.05) is 20.1 Å². The minimum absolute atomic E-state index is 0. The first-order valence-corrected chi connectivity index (χ1v) is 8.67. The summed E-state index contributed by atoms with van der Waals surface area (Å²) in [7, 11) is 3.98. The maximum Gasteiger partial charge on any atom is 0.306 e. The molecule has 1 N–H and O–H groups in total. The molecular weight excluding hydrogens is 517 g/mol. The molecule has 0 spiro atoms. The van der Waals surface area contributed by atoms with E-state index < -0.39 is 4.92 Å². The molecule has 11 heteroatoms. The largest absolute Gasteiger partial charge is 0.357 e. The zero-order valence-electron chi connectivity index (χ0n) is 14.9. The third kappa shape index (κ3) is 6.27. The highest BCUT2D eigenvalue weighted by Gasteiger charge is 2.11. The van der Waals surface area contributed by atoms with Crippen LogP contribution in [0.2, 0.25) is 0 Å². The number of halogens is 2. The van der Waals surface area contributed by atoms with Crippen molar-refractivity contribution in [3.63, 3.8) is 0 Å². The highest BCUT2D eigenvalue weighted by Crippen LogP contribution is 2.15. The molecule has 0 saturated heterocycles. The van der Waals surface area contributed by atoms with Gasteiger partial charge in [0.15, 0.2) is 5.96 Å². The van der Waals surface area contributed by atoms with Gasteiger partial charge in [0.25, 0.3) is 0 Å². The molecule has 2 heterocycles. The minimum atomic E-state index is -0.456. The van der Waals surface area contributed by atoms with Crippen LogP contribution in [0.5, 0.6) is 0 Å². The molecule has 0 radical (unpaired) electrons. The number of hydrogen-bond acceptors (Lipinski definition) is 4. The molecule has 0 aliphatic heterocycles. The molecule has 0 bridgehead atoms. The van der Waals surface area contributed by atoms with Crippen LogP contribution in [0.1, 0.15) is 12.6 Å². The fourth-order valence-electron chi connectivity index (χ4n) is 2.34. The van der Waals surface area contributed by atoms with Crippen LogP contribution in [0.25, 0.3) is 0 Å². The van der Waals surface area contributed by atoms with Crippen molar-refractivity contribution >= 4 is 51.6 Å². The zero-order chi connectivity index (χ0) is 18.4. The Bertz CT molecular complexity index is 759. The Morgan fingerprint density at radius 2 is 2.23 bits per heavy atom. The highest BCUT2D eigenvalue weighted by atomic mass is 127. The van der Waals surface area contributed by atoms with Crippen LogP contribution in [0.4, 0.5) is 5.69 Å². The second-order valence-corrected chi connectivity index (χ2v) is 6.49. The molecule has 0 saturated carbocycles. The van der Waals surface area contributed by atoms with Gasteiger partial charge in [0.2, 0.25) is 0 Å². The lowest BCUT2D eigenvalue weighted by Gasteiger charge is -2.22. The topological polar surface area (TPSA) is 93.5 Å². The molecule has 144 valence electrons. The van der Waals surface area contributed by atoms with Crippen molar-refractivity contribution in [2.24, 2.45) is 12.0 Å². The Hall–Kier alpha value is -1.63. The van der Waals surface area contributed by atoms with Crippen molar-refractivity contribution in [1.82, 2.24) is 24.6 Å². The number of aliphatic imine (C=N–C) groups is 1. The molecule has 0 aliphatic carbocycles. The predicted octanol–water partition coefficient (Wildman–Crippen LogP) is 2.61. The van der Waals surface area contributed by atoms with Crippen LogP contribution in [0.15, 0.2) is 34.1 Å². The van der Waals surface area contributed by atoms with Gasteiger partial charge in [-0.1, -0.05) is 0 Å². The number of rotatable bonds is 7. The monoisotopic (exact) mass is 539 g/mol. The average molecular weight is 540 g/mol. The molecule has 2 aromatic heterocycles. The van der Waals surface area contributed by atoms with Crippen LogP contribution in [0.3, 0.4) is 0 Å². The molecule has 0 amide bonds. The van der Waals surface area contributed by atoms with E-state index in [-0.39, 0.29) is 29.7 Å². The Labute approximate surface area is 177 Å². The maximum absolute atomic E-state index is 10.7. The smallest absolute Gasteiger partial charge is 0.306 e. The van der Waals surface area contributed by atoms with E-state index in [1.165, 1.54) is 17.1 Å². The molecule has 0 unspecified atom stereocenters. The van der Waals surface area contributed by atoms with Crippen LogP contribution in [-0.2, 0) is 20.1 Å². The van der Waals surface area contributed by atoms with Crippen molar-refractivity contribution < 1.29 is 4.92 Å². The van der Waals surface area contributed by atoms with E-state index >= 15 is 0 Å². The summed E-state index contributed by atoms with van der Waals surface area (Å²) in [5, 5.41) is 17.9. The van der Waals surface area contributed by atoms with Crippen LogP contribution >= 0.6 is 39.9 Å². The van der Waals surface area contributed by atoms with Gasteiger partial charge in [-0.15, -0.1) is 24.0 Å². The standard InChI is InChI=1S/C15H22BrN7O2.HI/c1-4-17-15(21(3)10-13-7-12(16)9-20(13)2)18-5-6-22-11-14(8-19-22)23(24)25;/h7-9,11H,4-6,10H2,1-3H3,(H,17,18);1H. The van der Waals surface area contributed by atoms with Crippen molar-refractivity contribution in [2.45, 2.75) is 20.0 Å². The predicted molar refractivity (Wildman–Crippen MR) is 115 cm³/mol. The second kappa shape index (κ2) is 10.5. The molecular formula is C15H23BrIN7O2. The number of guanidine groups is 1. The third-order valence-corrected chi connectivity index (χ3v) is 4.02. The summed E-state index contributed by atoms with van der Waals surface area (Å²) in [6.45, 7) is 4.43. The number of hydrogen-bond donors (Lipinski definition) is 1. The van der Waals surface area contributed by atoms with E-state index in [1.807, 2.05) is 32.1 Å². The molecule has 0 aromatic carbocycles. The van der Waals surface area contributed by atoms with E-state index in [4.69, 9.17) is 0 Å². The summed E-state index contributed by atoms with van der Waals surface area (Å²) in [5.41, 5.74) is 1.14. The quantitative estimate of drug-likeness (QED) is 0.192. The Morgan fingerprint density at radius 1 is 1.50 bits per heavy atom. The molecule has 2 rings (SSSR count). The van der Waals surface area contributed by atoms with E-state index in [1.54, 1.807) is 0 Å². The molecule has 26 heavy (non-hydrogen) atoms. The summed E-state index contributed by atoms with van der Waals surface area (Å²) >= 11 is 3.48. The number of nitrogens with zero attached hydrogens (tertiary/aromatic N) is 6. The summed E-state index contributed by atoms with van der Waals surface area (Å²) in [4.78, 5) is 16.8. The van der Waals surface area contributed by atoms with Gasteiger partial charge < -0.3 is 14.8 Å². The van der Waals surface area contributed by atoms with Crippen molar-refractivity contribution in [3.8, 4) is 0 Å². The van der Waals surface area contributed by atoms with Gasteiger partial charge in [0.05, 0.1) is 24.6 Å². The Morgan fingerprint density at radius 3 is 2.77 bits per heavy atom. The zero-order valence-corrected chi connectivity index (χ0v) is 18.8. The lowest BCUT2D eigenvalue weighted by molar-refractivity contribution is -0.385. The fraction of sp³-hybridized carbons (Fsp3) is 0.467. The lowest BCUT2D eigenvalue weighted by atomic mass is 10.4. The van der Waals surface area contributed by atoms with E-state index in [0.29, 0.717) is 19.6 Å². The normalized spacial score (nSPS) is 11.2. The number of aromatic nitrogens is 3. The van der Waals surface area contributed by atoms with Crippen LogP contribution in [0, 0.1) is 10.1 Å². The van der Waals surface area contributed by atoms with E-state index in [0.717, 1.165) is 22.7 Å². The molecule has 2 aromatic rings.